The molecule has 2 atom stereocenters. The second-order valence-electron chi connectivity index (χ2n) is 8.02. The fraction of sp³-hybridized carbons (Fsp3) is 0.148. The van der Waals surface area contributed by atoms with Gasteiger partial charge in [-0.2, -0.15) is 18.4 Å². The molecule has 1 aromatic heterocycles. The molecule has 0 N–H and O–H groups in total. The molecule has 0 saturated heterocycles. The first-order valence-corrected chi connectivity index (χ1v) is 11.6. The Kier molecular flexibility index (Phi) is 7.58. The molecular formula is C27H17Cl2F3N2O3. The summed E-state index contributed by atoms with van der Waals surface area (Å²) in [5.74, 6) is -0.651. The Hall–Kier alpha value is -3.80. The Balaban J connectivity index is 1.43. The van der Waals surface area contributed by atoms with E-state index in [1.165, 1.54) is 37.3 Å². The highest BCUT2D eigenvalue weighted by atomic mass is 35.5. The second kappa shape index (κ2) is 10.7. The van der Waals surface area contributed by atoms with Gasteiger partial charge in [-0.15, -0.1) is 0 Å². The quantitative estimate of drug-likeness (QED) is 0.235. The number of alkyl halides is 3. The number of hydrogen-bond acceptors (Lipinski definition) is 5. The lowest BCUT2D eigenvalue weighted by molar-refractivity contribution is -0.137. The number of ketones is 1. The first-order valence-electron chi connectivity index (χ1n) is 10.9. The van der Waals surface area contributed by atoms with Crippen molar-refractivity contribution in [2.24, 2.45) is 0 Å². The van der Waals surface area contributed by atoms with Crippen LogP contribution < -0.4 is 9.47 Å². The molecular weight excluding hydrogens is 528 g/mol. The number of carbonyl (C=O) groups excluding carboxylic acids is 1. The average molecular weight is 545 g/mol. The van der Waals surface area contributed by atoms with E-state index in [1.54, 1.807) is 30.3 Å². The second-order valence-corrected chi connectivity index (χ2v) is 8.86. The molecule has 0 saturated carbocycles. The first kappa shape index (κ1) is 26.3. The molecule has 0 bridgehead atoms. The van der Waals surface area contributed by atoms with Crippen LogP contribution in [0.5, 0.6) is 17.4 Å². The molecule has 0 spiro atoms. The van der Waals surface area contributed by atoms with Gasteiger partial charge in [-0.05, 0) is 73.2 Å². The molecule has 0 aliphatic rings. The molecule has 0 radical (unpaired) electrons. The van der Waals surface area contributed by atoms with Crippen molar-refractivity contribution in [1.82, 2.24) is 4.98 Å². The molecule has 0 fully saturated rings. The van der Waals surface area contributed by atoms with Crippen LogP contribution in [0.4, 0.5) is 13.2 Å². The highest BCUT2D eigenvalue weighted by Gasteiger charge is 2.30. The summed E-state index contributed by atoms with van der Waals surface area (Å²) in [6.07, 6.45) is -5.39. The molecule has 4 aromatic rings. The maximum Gasteiger partial charge on any atom is 0.416 e. The Morgan fingerprint density at radius 3 is 2.32 bits per heavy atom. The Labute approximate surface area is 220 Å². The summed E-state index contributed by atoms with van der Waals surface area (Å²) in [6.45, 7) is 1.53. The molecule has 1 heterocycles. The van der Waals surface area contributed by atoms with Crippen LogP contribution in [0.15, 0.2) is 72.8 Å². The summed E-state index contributed by atoms with van der Waals surface area (Å²) in [4.78, 5) is 17.1. The smallest absolute Gasteiger partial charge is 0.416 e. The van der Waals surface area contributed by atoms with E-state index in [0.29, 0.717) is 33.0 Å². The predicted molar refractivity (Wildman–Crippen MR) is 133 cm³/mol. The van der Waals surface area contributed by atoms with E-state index in [0.717, 1.165) is 12.1 Å². The van der Waals surface area contributed by atoms with Crippen LogP contribution in [-0.4, -0.2) is 16.9 Å². The number of fused-ring (bicyclic) bond motifs is 1. The third-order valence-corrected chi connectivity index (χ3v) is 6.00. The molecule has 10 heteroatoms. The third kappa shape index (κ3) is 6.13. The van der Waals surface area contributed by atoms with Gasteiger partial charge in [0.1, 0.15) is 17.4 Å². The minimum Gasteiger partial charge on any atom is -0.483 e. The topological polar surface area (TPSA) is 72.2 Å². The zero-order valence-electron chi connectivity index (χ0n) is 19.1. The van der Waals surface area contributed by atoms with Crippen molar-refractivity contribution in [1.29, 1.82) is 5.26 Å². The fourth-order valence-corrected chi connectivity index (χ4v) is 4.08. The number of ether oxygens (including phenoxy) is 2. The van der Waals surface area contributed by atoms with Crippen LogP contribution in [-0.2, 0) is 11.0 Å². The highest BCUT2D eigenvalue weighted by molar-refractivity contribution is 6.35. The van der Waals surface area contributed by atoms with Crippen molar-refractivity contribution in [3.05, 3.63) is 94.0 Å². The van der Waals surface area contributed by atoms with Gasteiger partial charge in [0.2, 0.25) is 5.88 Å². The Morgan fingerprint density at radius 2 is 1.68 bits per heavy atom. The van der Waals surface area contributed by atoms with Gasteiger partial charge >= 0.3 is 6.18 Å². The van der Waals surface area contributed by atoms with Crippen molar-refractivity contribution < 1.29 is 27.4 Å². The zero-order chi connectivity index (χ0) is 26.7. The molecule has 5 nitrogen and oxygen atoms in total. The van der Waals surface area contributed by atoms with Crippen LogP contribution >= 0.6 is 23.2 Å². The Bertz CT molecular complexity index is 1500. The number of aromatic nitrogens is 1. The van der Waals surface area contributed by atoms with E-state index in [9.17, 15) is 23.2 Å². The summed E-state index contributed by atoms with van der Waals surface area (Å²) >= 11 is 12.1. The molecule has 188 valence electrons. The van der Waals surface area contributed by atoms with Gasteiger partial charge in [-0.25, -0.2) is 4.98 Å². The minimum absolute atomic E-state index is 0.196. The van der Waals surface area contributed by atoms with Crippen molar-refractivity contribution in [3.8, 4) is 23.4 Å². The lowest BCUT2D eigenvalue weighted by Gasteiger charge is -2.18. The molecule has 2 unspecified atom stereocenters. The third-order valence-electron chi connectivity index (χ3n) is 5.44. The van der Waals surface area contributed by atoms with Crippen LogP contribution in [0.1, 0.15) is 24.0 Å². The number of pyridine rings is 1. The largest absolute Gasteiger partial charge is 0.483 e. The summed E-state index contributed by atoms with van der Waals surface area (Å²) in [6, 6.07) is 19.1. The van der Waals surface area contributed by atoms with Gasteiger partial charge in [-0.3, -0.25) is 4.79 Å². The van der Waals surface area contributed by atoms with E-state index in [4.69, 9.17) is 32.7 Å². The van der Waals surface area contributed by atoms with Gasteiger partial charge in [0.05, 0.1) is 17.1 Å². The molecule has 37 heavy (non-hydrogen) atoms. The summed E-state index contributed by atoms with van der Waals surface area (Å²) in [5.41, 5.74) is -0.0583. The van der Waals surface area contributed by atoms with Crippen LogP contribution in [0, 0.1) is 11.3 Å². The summed E-state index contributed by atoms with van der Waals surface area (Å²) < 4.78 is 50.1. The number of halogens is 5. The van der Waals surface area contributed by atoms with E-state index in [2.05, 4.69) is 4.98 Å². The maximum absolute atomic E-state index is 12.9. The lowest BCUT2D eigenvalue weighted by atomic mass is 9.93. The highest BCUT2D eigenvalue weighted by Crippen LogP contribution is 2.33. The molecule has 3 aromatic carbocycles. The summed E-state index contributed by atoms with van der Waals surface area (Å²) in [5, 5.41) is 10.5. The number of rotatable bonds is 7. The zero-order valence-corrected chi connectivity index (χ0v) is 20.6. The molecule has 0 amide bonds. The van der Waals surface area contributed by atoms with Gasteiger partial charge in [0, 0.05) is 21.5 Å². The molecule has 4 rings (SSSR count). The van der Waals surface area contributed by atoms with E-state index >= 15 is 0 Å². The van der Waals surface area contributed by atoms with Crippen molar-refractivity contribution >= 4 is 39.9 Å². The predicted octanol–water partition coefficient (Wildman–Crippen LogP) is 8.00. The minimum atomic E-state index is -4.44. The number of Topliss-reactive ketones (excluding diaryl/α,β-unsaturated/α-hetero) is 1. The number of benzene rings is 3. The van der Waals surface area contributed by atoms with E-state index in [1.807, 2.05) is 6.07 Å². The monoisotopic (exact) mass is 544 g/mol. The maximum atomic E-state index is 12.9. The van der Waals surface area contributed by atoms with Gasteiger partial charge in [0.15, 0.2) is 11.9 Å². The number of nitrogens with zero attached hydrogens (tertiary/aromatic N) is 2. The van der Waals surface area contributed by atoms with Crippen LogP contribution in [0.3, 0.4) is 0 Å². The van der Waals surface area contributed by atoms with Gasteiger partial charge in [0.25, 0.3) is 0 Å². The lowest BCUT2D eigenvalue weighted by Crippen LogP contribution is -2.29. The van der Waals surface area contributed by atoms with Crippen molar-refractivity contribution in [2.45, 2.75) is 25.1 Å². The van der Waals surface area contributed by atoms with Crippen molar-refractivity contribution in [3.63, 3.8) is 0 Å². The van der Waals surface area contributed by atoms with Crippen LogP contribution in [0.25, 0.3) is 10.9 Å². The van der Waals surface area contributed by atoms with E-state index in [-0.39, 0.29) is 10.9 Å². The van der Waals surface area contributed by atoms with Gasteiger partial charge < -0.3 is 9.47 Å². The molecule has 0 aliphatic carbocycles. The van der Waals surface area contributed by atoms with Gasteiger partial charge in [-0.1, -0.05) is 29.3 Å². The summed E-state index contributed by atoms with van der Waals surface area (Å²) in [7, 11) is 0. The first-order chi connectivity index (χ1) is 17.5. The van der Waals surface area contributed by atoms with E-state index < -0.39 is 29.5 Å². The van der Waals surface area contributed by atoms with Crippen molar-refractivity contribution in [2.75, 3.05) is 0 Å². The molecule has 0 aliphatic heterocycles. The standard InChI is InChI=1S/C27H17Cl2F3N2O3/c1-15(26(35)22(14-33)21-9-4-18(28)13-23(21)29)36-19-5-7-20(8-6-19)37-25-11-2-16-12-17(27(30,31)32)3-10-24(16)34-25/h2-13,15,22H,1H3. The SMILES string of the molecule is CC(Oc1ccc(Oc2ccc3cc(C(F)(F)F)ccc3n2)cc1)C(=O)C(C#N)c1ccc(Cl)cc1Cl. The average Bonchev–Trinajstić information content (AvgIpc) is 2.85. The van der Waals surface area contributed by atoms with Crippen LogP contribution in [0.2, 0.25) is 10.0 Å². The number of hydrogen-bond donors (Lipinski definition) is 0. The number of nitriles is 1. The fourth-order valence-electron chi connectivity index (χ4n) is 3.57. The normalized spacial score (nSPS) is 13.0. The number of carbonyl (C=O) groups is 1. The Morgan fingerprint density at radius 1 is 0.973 bits per heavy atom.